The summed E-state index contributed by atoms with van der Waals surface area (Å²) in [5.41, 5.74) is 1.08. The lowest BCUT2D eigenvalue weighted by molar-refractivity contribution is -0.127. The molecule has 6 nitrogen and oxygen atoms in total. The number of imide groups is 1. The predicted molar refractivity (Wildman–Crippen MR) is 101 cm³/mol. The van der Waals surface area contributed by atoms with Crippen molar-refractivity contribution in [3.8, 4) is 5.75 Å². The number of rotatable bonds is 5. The number of hydrogen-bond acceptors (Lipinski definition) is 5. The molecule has 0 atom stereocenters. The van der Waals surface area contributed by atoms with E-state index in [1.54, 1.807) is 30.3 Å². The lowest BCUT2D eigenvalue weighted by Crippen LogP contribution is -2.36. The fraction of sp³-hybridized carbons (Fsp3) is 0.105. The minimum atomic E-state index is -0.550. The van der Waals surface area contributed by atoms with Gasteiger partial charge in [-0.05, 0) is 59.8 Å². The maximum atomic E-state index is 12.9. The Morgan fingerprint density at radius 3 is 2.67 bits per heavy atom. The predicted octanol–water partition coefficient (Wildman–Crippen LogP) is 3.51. The van der Waals surface area contributed by atoms with Gasteiger partial charge in [0.1, 0.15) is 18.1 Å². The number of nitrogens with one attached hydrogen (secondary N) is 1. The molecular weight excluding hydrogens is 371 g/mol. The lowest BCUT2D eigenvalue weighted by atomic mass is 10.2. The summed E-state index contributed by atoms with van der Waals surface area (Å²) in [6.07, 6.45) is 1.57. The summed E-state index contributed by atoms with van der Waals surface area (Å²) in [5, 5.41) is 2.00. The zero-order valence-electron chi connectivity index (χ0n) is 14.3. The second-order valence-electron chi connectivity index (χ2n) is 5.60. The van der Waals surface area contributed by atoms with Gasteiger partial charge in [-0.15, -0.1) is 0 Å². The summed E-state index contributed by atoms with van der Waals surface area (Å²) < 4.78 is 18.0. The van der Waals surface area contributed by atoms with E-state index in [2.05, 4.69) is 5.32 Å². The Balaban J connectivity index is 1.69. The van der Waals surface area contributed by atoms with E-state index in [1.165, 1.54) is 31.4 Å². The van der Waals surface area contributed by atoms with E-state index in [9.17, 15) is 18.8 Å². The van der Waals surface area contributed by atoms with Crippen molar-refractivity contribution in [3.05, 3.63) is 64.8 Å². The van der Waals surface area contributed by atoms with Gasteiger partial charge in [0.15, 0.2) is 0 Å². The van der Waals surface area contributed by atoms with Gasteiger partial charge >= 0.3 is 0 Å². The van der Waals surface area contributed by atoms with Crippen molar-refractivity contribution < 1.29 is 23.5 Å². The van der Waals surface area contributed by atoms with Crippen molar-refractivity contribution in [2.75, 3.05) is 19.0 Å². The van der Waals surface area contributed by atoms with Crippen LogP contribution in [0.15, 0.2) is 53.4 Å². The van der Waals surface area contributed by atoms with Crippen LogP contribution in [0.3, 0.4) is 0 Å². The highest BCUT2D eigenvalue weighted by Gasteiger charge is 2.36. The molecule has 1 heterocycles. The Morgan fingerprint density at radius 1 is 1.22 bits per heavy atom. The molecule has 0 aliphatic carbocycles. The molecule has 3 rings (SSSR count). The molecule has 1 fully saturated rings. The van der Waals surface area contributed by atoms with E-state index >= 15 is 0 Å². The van der Waals surface area contributed by atoms with E-state index in [-0.39, 0.29) is 4.91 Å². The molecule has 0 unspecified atom stereocenters. The van der Waals surface area contributed by atoms with E-state index in [0.717, 1.165) is 16.7 Å². The van der Waals surface area contributed by atoms with Crippen LogP contribution in [0.2, 0.25) is 0 Å². The number of methoxy groups -OCH3 is 1. The number of halogens is 1. The SMILES string of the molecule is COc1cccc(/C=C2/SC(=O)N(CC(=O)Nc3ccc(F)cc3)C2=O)c1. The van der Waals surface area contributed by atoms with Crippen molar-refractivity contribution in [3.63, 3.8) is 0 Å². The van der Waals surface area contributed by atoms with Crippen LogP contribution in [0.5, 0.6) is 5.75 Å². The van der Waals surface area contributed by atoms with Crippen LogP contribution in [0.4, 0.5) is 14.9 Å². The standard InChI is InChI=1S/C19H15FN2O4S/c1-26-15-4-2-3-12(9-15)10-16-18(24)22(19(25)27-16)11-17(23)21-14-7-5-13(20)6-8-14/h2-10H,11H2,1H3,(H,21,23)/b16-10+. The first-order valence-corrected chi connectivity index (χ1v) is 8.73. The summed E-state index contributed by atoms with van der Waals surface area (Å²) in [4.78, 5) is 37.8. The summed E-state index contributed by atoms with van der Waals surface area (Å²) in [6, 6.07) is 12.2. The molecule has 0 aromatic heterocycles. The van der Waals surface area contributed by atoms with Gasteiger partial charge < -0.3 is 10.1 Å². The highest BCUT2D eigenvalue weighted by Crippen LogP contribution is 2.32. The minimum Gasteiger partial charge on any atom is -0.497 e. The fourth-order valence-electron chi connectivity index (χ4n) is 2.40. The molecule has 3 amide bonds. The van der Waals surface area contributed by atoms with Crippen LogP contribution >= 0.6 is 11.8 Å². The third-order valence-electron chi connectivity index (χ3n) is 3.69. The van der Waals surface area contributed by atoms with Crippen LogP contribution in [0, 0.1) is 5.82 Å². The number of nitrogens with zero attached hydrogens (tertiary/aromatic N) is 1. The molecule has 0 saturated carbocycles. The summed E-state index contributed by atoms with van der Waals surface area (Å²) in [5.74, 6) is -0.892. The monoisotopic (exact) mass is 386 g/mol. The number of carbonyl (C=O) groups is 3. The largest absolute Gasteiger partial charge is 0.497 e. The molecule has 1 aliphatic heterocycles. The van der Waals surface area contributed by atoms with E-state index in [1.807, 2.05) is 0 Å². The fourth-order valence-corrected chi connectivity index (χ4v) is 3.23. The smallest absolute Gasteiger partial charge is 0.294 e. The Labute approximate surface area is 159 Å². The molecule has 8 heteroatoms. The van der Waals surface area contributed by atoms with Crippen molar-refractivity contribution in [1.82, 2.24) is 4.90 Å². The van der Waals surface area contributed by atoms with E-state index in [4.69, 9.17) is 4.74 Å². The van der Waals surface area contributed by atoms with Crippen molar-refractivity contribution in [2.45, 2.75) is 0 Å². The van der Waals surface area contributed by atoms with Gasteiger partial charge in [-0.3, -0.25) is 19.3 Å². The molecule has 1 N–H and O–H groups in total. The van der Waals surface area contributed by atoms with Crippen LogP contribution in [-0.4, -0.2) is 35.6 Å². The molecule has 0 radical (unpaired) electrons. The van der Waals surface area contributed by atoms with Gasteiger partial charge in [0.05, 0.1) is 12.0 Å². The second-order valence-corrected chi connectivity index (χ2v) is 6.59. The number of benzene rings is 2. The number of hydrogen-bond donors (Lipinski definition) is 1. The second kappa shape index (κ2) is 8.05. The molecule has 1 aliphatic rings. The quantitative estimate of drug-likeness (QED) is 0.796. The highest BCUT2D eigenvalue weighted by molar-refractivity contribution is 8.18. The van der Waals surface area contributed by atoms with E-state index < -0.39 is 29.4 Å². The summed E-state index contributed by atoms with van der Waals surface area (Å²) in [6.45, 7) is -0.419. The maximum absolute atomic E-state index is 12.9. The first-order valence-electron chi connectivity index (χ1n) is 7.91. The average molecular weight is 386 g/mol. The molecule has 2 aromatic carbocycles. The van der Waals surface area contributed by atoms with Gasteiger partial charge in [0.2, 0.25) is 5.91 Å². The normalized spacial score (nSPS) is 15.3. The van der Waals surface area contributed by atoms with Gasteiger partial charge in [-0.25, -0.2) is 4.39 Å². The van der Waals surface area contributed by atoms with Crippen molar-refractivity contribution >= 4 is 40.6 Å². The van der Waals surface area contributed by atoms with Crippen LogP contribution in [0.25, 0.3) is 6.08 Å². The van der Waals surface area contributed by atoms with Crippen molar-refractivity contribution in [1.29, 1.82) is 0 Å². The van der Waals surface area contributed by atoms with Gasteiger partial charge in [0.25, 0.3) is 11.1 Å². The number of carbonyl (C=O) groups excluding carboxylic acids is 3. The number of amides is 3. The number of thioether (sulfide) groups is 1. The first kappa shape index (κ1) is 18.7. The maximum Gasteiger partial charge on any atom is 0.294 e. The first-order chi connectivity index (χ1) is 13.0. The van der Waals surface area contributed by atoms with Crippen LogP contribution in [-0.2, 0) is 9.59 Å². The summed E-state index contributed by atoms with van der Waals surface area (Å²) >= 11 is 0.768. The zero-order valence-corrected chi connectivity index (χ0v) is 15.1. The van der Waals surface area contributed by atoms with E-state index in [0.29, 0.717) is 17.0 Å². The molecule has 0 bridgehead atoms. The van der Waals surface area contributed by atoms with Gasteiger partial charge in [-0.2, -0.15) is 0 Å². The van der Waals surface area contributed by atoms with Gasteiger partial charge in [0, 0.05) is 5.69 Å². The molecule has 27 heavy (non-hydrogen) atoms. The topological polar surface area (TPSA) is 75.7 Å². The summed E-state index contributed by atoms with van der Waals surface area (Å²) in [7, 11) is 1.53. The molecule has 1 saturated heterocycles. The zero-order chi connectivity index (χ0) is 19.4. The third-order valence-corrected chi connectivity index (χ3v) is 4.60. The average Bonchev–Trinajstić information content (AvgIpc) is 2.91. The lowest BCUT2D eigenvalue weighted by Gasteiger charge is -2.12. The minimum absolute atomic E-state index is 0.225. The molecular formula is C19H15FN2O4S. The number of ether oxygens (including phenoxy) is 1. The Morgan fingerprint density at radius 2 is 1.96 bits per heavy atom. The Kier molecular flexibility index (Phi) is 5.56. The van der Waals surface area contributed by atoms with Crippen LogP contribution < -0.4 is 10.1 Å². The van der Waals surface area contributed by atoms with Crippen LogP contribution in [0.1, 0.15) is 5.56 Å². The Bertz CT molecular complexity index is 928. The number of anilines is 1. The third kappa shape index (κ3) is 4.53. The molecule has 138 valence electrons. The van der Waals surface area contributed by atoms with Gasteiger partial charge in [-0.1, -0.05) is 12.1 Å². The van der Waals surface area contributed by atoms with Crippen molar-refractivity contribution in [2.24, 2.45) is 0 Å². The molecule has 0 spiro atoms. The molecule has 2 aromatic rings. The Hall–Kier alpha value is -3.13. The highest BCUT2D eigenvalue weighted by atomic mass is 32.2.